The monoisotopic (exact) mass is 735 g/mol. The molecule has 3 aromatic rings. The Kier molecular flexibility index (Phi) is 12.3. The Bertz CT molecular complexity index is 1930. The van der Waals surface area contributed by atoms with Crippen molar-refractivity contribution < 1.29 is 37.4 Å². The van der Waals surface area contributed by atoms with Gasteiger partial charge in [-0.3, -0.25) is 19.2 Å². The second-order valence-electron chi connectivity index (χ2n) is 13.1. The van der Waals surface area contributed by atoms with Gasteiger partial charge in [0, 0.05) is 64.4 Å². The maximum absolute atomic E-state index is 14.3. The molecule has 15 nitrogen and oxygen atoms in total. The summed E-state index contributed by atoms with van der Waals surface area (Å²) in [6.45, 7) is 4.33. The number of hydrogen-bond donors (Lipinski definition) is 4. The molecule has 0 radical (unpaired) electrons. The van der Waals surface area contributed by atoms with Crippen molar-refractivity contribution in [2.45, 2.75) is 62.9 Å². The van der Waals surface area contributed by atoms with Crippen molar-refractivity contribution in [2.24, 2.45) is 16.9 Å². The molecule has 52 heavy (non-hydrogen) atoms. The first-order valence-corrected chi connectivity index (χ1v) is 18.7. The van der Waals surface area contributed by atoms with E-state index < -0.39 is 40.3 Å². The molecule has 3 aromatic carbocycles. The van der Waals surface area contributed by atoms with E-state index in [-0.39, 0.29) is 47.4 Å². The number of carbonyl (C=O) groups is 4. The highest BCUT2D eigenvalue weighted by Gasteiger charge is 2.39. The predicted molar refractivity (Wildman–Crippen MR) is 195 cm³/mol. The van der Waals surface area contributed by atoms with Crippen LogP contribution in [0.2, 0.25) is 0 Å². The molecule has 3 amide bonds. The van der Waals surface area contributed by atoms with Gasteiger partial charge in [-0.2, -0.15) is 9.82 Å². The number of hydrazone groups is 1. The van der Waals surface area contributed by atoms with Crippen molar-refractivity contribution in [1.82, 2.24) is 19.8 Å². The van der Waals surface area contributed by atoms with Crippen LogP contribution in [0, 0.1) is 5.92 Å². The fourth-order valence-corrected chi connectivity index (χ4v) is 7.62. The van der Waals surface area contributed by atoms with Crippen molar-refractivity contribution in [3.63, 3.8) is 0 Å². The van der Waals surface area contributed by atoms with Gasteiger partial charge in [0.1, 0.15) is 12.4 Å². The predicted octanol–water partition coefficient (Wildman–Crippen LogP) is 2.28. The minimum atomic E-state index is -4.27. The number of carbonyl (C=O) groups excluding carboxylic acids is 4. The fourth-order valence-electron chi connectivity index (χ4n) is 6.40. The number of hydrogen-bond acceptors (Lipinski definition) is 10. The zero-order valence-electron chi connectivity index (χ0n) is 29.2. The molecule has 1 saturated heterocycles. The highest BCUT2D eigenvalue weighted by Crippen LogP contribution is 2.32. The molecule has 2 atom stereocenters. The number of nitrogens with one attached hydrogen (secondary N) is 2. The largest absolute Gasteiger partial charge is 0.504 e. The van der Waals surface area contributed by atoms with Crippen LogP contribution >= 0.6 is 0 Å². The third-order valence-electron chi connectivity index (χ3n) is 9.11. The molecular weight excluding hydrogens is 691 g/mol. The first kappa shape index (κ1) is 38.0. The maximum Gasteiger partial charge on any atom is 0.308 e. The molecule has 0 unspecified atom stereocenters. The standard InChI is InChI=1S/C36H45N7O8S/c1-24(44)42(30-12-14-34(33(46)19-30)51-25(2)45)16-17-43(29-10-11-29)36(48)32(20-35(47)38-21-26-6-5-15-41(22-26)23-39-37)40-52(49,50)31-13-9-27-7-3-4-8-28(27)18-31/h3-4,7-9,12-14,18-19,23,26,29,32,40,46H,5-6,10-11,15-17,20-22,37H2,1-2H3,(H,38,47)/t26-,32-/m0/s1. The van der Waals surface area contributed by atoms with E-state index in [2.05, 4.69) is 15.1 Å². The van der Waals surface area contributed by atoms with Crippen molar-refractivity contribution in [3.05, 3.63) is 60.7 Å². The molecule has 2 fully saturated rings. The van der Waals surface area contributed by atoms with Crippen LogP contribution in [-0.4, -0.2) is 98.2 Å². The lowest BCUT2D eigenvalue weighted by Gasteiger charge is -2.32. The maximum atomic E-state index is 14.3. The van der Waals surface area contributed by atoms with E-state index in [4.69, 9.17) is 10.6 Å². The first-order chi connectivity index (χ1) is 24.8. The number of benzene rings is 3. The summed E-state index contributed by atoms with van der Waals surface area (Å²) in [5.74, 6) is 2.91. The number of phenolic OH excluding ortho intramolecular Hbond substituents is 1. The Morgan fingerprint density at radius 3 is 2.46 bits per heavy atom. The molecule has 0 bridgehead atoms. The van der Waals surface area contributed by atoms with Crippen molar-refractivity contribution in [3.8, 4) is 11.5 Å². The number of phenols is 1. The Balaban J connectivity index is 1.35. The first-order valence-electron chi connectivity index (χ1n) is 17.2. The summed E-state index contributed by atoms with van der Waals surface area (Å²) in [6, 6.07) is 14.4. The van der Waals surface area contributed by atoms with Gasteiger partial charge in [0.05, 0.1) is 11.3 Å². The number of ether oxygens (including phenoxy) is 1. The van der Waals surface area contributed by atoms with Crippen LogP contribution in [0.5, 0.6) is 11.5 Å². The molecule has 16 heteroatoms. The van der Waals surface area contributed by atoms with Gasteiger partial charge < -0.3 is 35.7 Å². The van der Waals surface area contributed by atoms with Crippen molar-refractivity contribution in [2.75, 3.05) is 37.6 Å². The quantitative estimate of drug-likeness (QED) is 0.0448. The Labute approximate surface area is 302 Å². The number of sulfonamides is 1. The van der Waals surface area contributed by atoms with Crippen LogP contribution in [-0.2, 0) is 29.2 Å². The summed E-state index contributed by atoms with van der Waals surface area (Å²) < 4.78 is 35.1. The van der Waals surface area contributed by atoms with Crippen molar-refractivity contribution in [1.29, 1.82) is 0 Å². The van der Waals surface area contributed by atoms with E-state index in [1.54, 1.807) is 24.5 Å². The van der Waals surface area contributed by atoms with Gasteiger partial charge in [-0.05, 0) is 66.6 Å². The van der Waals surface area contributed by atoms with E-state index in [0.29, 0.717) is 37.0 Å². The number of esters is 1. The van der Waals surface area contributed by atoms with Crippen LogP contribution in [0.4, 0.5) is 5.69 Å². The number of fused-ring (bicyclic) bond motifs is 1. The van der Waals surface area contributed by atoms with Crippen molar-refractivity contribution >= 4 is 56.5 Å². The van der Waals surface area contributed by atoms with E-state index in [1.165, 1.54) is 54.0 Å². The zero-order chi connectivity index (χ0) is 37.4. The molecule has 5 rings (SSSR count). The van der Waals surface area contributed by atoms with Gasteiger partial charge in [0.15, 0.2) is 11.5 Å². The lowest BCUT2D eigenvalue weighted by Crippen LogP contribution is -2.53. The topological polar surface area (TPSA) is 204 Å². The summed E-state index contributed by atoms with van der Waals surface area (Å²) in [5, 5.41) is 18.4. The second kappa shape index (κ2) is 16.9. The van der Waals surface area contributed by atoms with Gasteiger partial charge in [-0.15, -0.1) is 0 Å². The number of nitrogens with two attached hydrogens (primary N) is 1. The molecule has 0 spiro atoms. The summed E-state index contributed by atoms with van der Waals surface area (Å²) in [4.78, 5) is 56.6. The van der Waals surface area contributed by atoms with Gasteiger partial charge in [-0.25, -0.2) is 8.42 Å². The lowest BCUT2D eigenvalue weighted by atomic mass is 9.98. The molecule has 1 saturated carbocycles. The average molecular weight is 736 g/mol. The van der Waals surface area contributed by atoms with E-state index in [9.17, 15) is 32.7 Å². The van der Waals surface area contributed by atoms with Gasteiger partial charge in [-0.1, -0.05) is 30.3 Å². The molecule has 278 valence electrons. The zero-order valence-corrected chi connectivity index (χ0v) is 30.0. The average Bonchev–Trinajstić information content (AvgIpc) is 3.95. The van der Waals surface area contributed by atoms with Gasteiger partial charge in [0.25, 0.3) is 0 Å². The van der Waals surface area contributed by atoms with Gasteiger partial charge >= 0.3 is 5.97 Å². The third-order valence-corrected chi connectivity index (χ3v) is 10.6. The van der Waals surface area contributed by atoms with E-state index in [0.717, 1.165) is 24.8 Å². The molecule has 0 aromatic heterocycles. The number of likely N-dealkylation sites (tertiary alicyclic amines) is 1. The lowest BCUT2D eigenvalue weighted by molar-refractivity contribution is -0.136. The molecule has 5 N–H and O–H groups in total. The second-order valence-corrected chi connectivity index (χ2v) is 14.9. The summed E-state index contributed by atoms with van der Waals surface area (Å²) in [5.41, 5.74) is 0.302. The Morgan fingerprint density at radius 1 is 1.04 bits per heavy atom. The number of aromatic hydroxyl groups is 1. The van der Waals surface area contributed by atoms with E-state index >= 15 is 0 Å². The van der Waals surface area contributed by atoms with Crippen LogP contribution in [0.25, 0.3) is 10.8 Å². The van der Waals surface area contributed by atoms with Crippen LogP contribution in [0.3, 0.4) is 0 Å². The van der Waals surface area contributed by atoms with Gasteiger partial charge in [0.2, 0.25) is 27.7 Å². The smallest absolute Gasteiger partial charge is 0.308 e. The van der Waals surface area contributed by atoms with Crippen LogP contribution in [0.1, 0.15) is 46.0 Å². The van der Waals surface area contributed by atoms with Crippen LogP contribution in [0.15, 0.2) is 70.7 Å². The number of anilines is 1. The molecule has 1 aliphatic heterocycles. The number of rotatable bonds is 15. The van der Waals surface area contributed by atoms with Crippen LogP contribution < -0.4 is 25.5 Å². The fraction of sp³-hybridized carbons (Fsp3) is 0.417. The molecule has 2 aliphatic rings. The normalized spacial score (nSPS) is 16.7. The third kappa shape index (κ3) is 9.97. The number of piperidine rings is 1. The SMILES string of the molecule is CC(=O)Oc1ccc(N(CCN(C(=O)[C@H](CC(=O)NC[C@@H]2CCCN(C=NN)C2)NS(=O)(=O)c2ccc3ccccc3c2)C2CC2)C(C)=O)cc1O. The minimum absolute atomic E-state index is 0.00451. The Morgan fingerprint density at radius 2 is 1.79 bits per heavy atom. The molecule has 1 aliphatic carbocycles. The highest BCUT2D eigenvalue weighted by molar-refractivity contribution is 7.89. The van der Waals surface area contributed by atoms with E-state index in [1.807, 2.05) is 17.0 Å². The summed E-state index contributed by atoms with van der Waals surface area (Å²) in [6.07, 6.45) is 4.22. The summed E-state index contributed by atoms with van der Waals surface area (Å²) in [7, 11) is -4.27. The highest BCUT2D eigenvalue weighted by atomic mass is 32.2. The molecule has 1 heterocycles. The Hall–Kier alpha value is -5.22. The minimum Gasteiger partial charge on any atom is -0.504 e. The number of nitrogens with zero attached hydrogens (tertiary/aromatic N) is 4. The summed E-state index contributed by atoms with van der Waals surface area (Å²) >= 11 is 0. The number of amides is 3. The molecular formula is C36H45N7O8S.